The normalized spacial score (nSPS) is 29.6. The molecule has 3 aromatic heterocycles. The maximum Gasteiger partial charge on any atom is 0.330 e. The largest absolute Gasteiger partial charge is 0.390 e. The van der Waals surface area contributed by atoms with Gasteiger partial charge in [0, 0.05) is 43.3 Å². The van der Waals surface area contributed by atoms with E-state index in [0.29, 0.717) is 17.5 Å². The van der Waals surface area contributed by atoms with Crippen LogP contribution in [0, 0.1) is 17.7 Å². The minimum absolute atomic E-state index is 0.0295. The standard InChI is InChI=1S/C31H34FN7O5/c1-3-18-14-37-11-9-19(18)12-27(37)31(43-2,21-8-10-33-23-7-5-4-6-20(21)23)26-17-38(36-35-26)16-25-24(40)13-28(44-25)39-15-22(32)29(41)34-30(39)42/h3-8,10,15,17-19,24-25,27-28,40H,1,9,11-14,16H2,2H3,(H,34,41,42). The molecule has 0 radical (unpaired) electrons. The van der Waals surface area contributed by atoms with Gasteiger partial charge in [0.15, 0.2) is 5.60 Å². The fraction of sp³-hybridized carbons (Fsp3) is 0.452. The zero-order chi connectivity index (χ0) is 30.6. The van der Waals surface area contributed by atoms with Crippen LogP contribution in [-0.2, 0) is 21.6 Å². The third-order valence-corrected chi connectivity index (χ3v) is 9.67. The minimum Gasteiger partial charge on any atom is -0.390 e. The molecule has 1 aromatic carbocycles. The summed E-state index contributed by atoms with van der Waals surface area (Å²) < 4.78 is 29.0. The zero-order valence-corrected chi connectivity index (χ0v) is 24.3. The van der Waals surface area contributed by atoms with Crippen molar-refractivity contribution in [2.45, 2.75) is 55.9 Å². The van der Waals surface area contributed by atoms with E-state index in [2.05, 4.69) is 32.9 Å². The van der Waals surface area contributed by atoms with Crippen LogP contribution in [0.25, 0.3) is 10.9 Å². The Morgan fingerprint density at radius 2 is 2.09 bits per heavy atom. The summed E-state index contributed by atoms with van der Waals surface area (Å²) in [7, 11) is 1.71. The van der Waals surface area contributed by atoms with Crippen LogP contribution in [0.4, 0.5) is 4.39 Å². The lowest BCUT2D eigenvalue weighted by atomic mass is 9.68. The minimum atomic E-state index is -1.11. The molecule has 13 heteroatoms. The first kappa shape index (κ1) is 28.7. The van der Waals surface area contributed by atoms with E-state index >= 15 is 0 Å². The molecule has 4 aliphatic heterocycles. The van der Waals surface area contributed by atoms with Crippen LogP contribution in [0.5, 0.6) is 0 Å². The van der Waals surface area contributed by atoms with Crippen LogP contribution in [0.15, 0.2) is 71.2 Å². The van der Waals surface area contributed by atoms with Crippen molar-refractivity contribution in [2.75, 3.05) is 20.2 Å². The maximum absolute atomic E-state index is 13.9. The fourth-order valence-electron chi connectivity index (χ4n) is 7.48. The second-order valence-corrected chi connectivity index (χ2v) is 11.9. The second-order valence-electron chi connectivity index (χ2n) is 11.9. The number of ether oxygens (including phenoxy) is 2. The lowest BCUT2D eigenvalue weighted by Crippen LogP contribution is -2.61. The Morgan fingerprint density at radius 3 is 2.86 bits per heavy atom. The number of rotatable bonds is 8. The SMILES string of the molecule is C=CC1CN2CCC1CC2C(OC)(c1cn(CC2OC(n3cc(F)c(=O)[nH]c3=O)CC2O)nn1)c1ccnc2ccccc12. The van der Waals surface area contributed by atoms with Gasteiger partial charge >= 0.3 is 5.69 Å². The van der Waals surface area contributed by atoms with Crippen LogP contribution < -0.4 is 11.2 Å². The van der Waals surface area contributed by atoms with E-state index in [9.17, 15) is 19.1 Å². The van der Waals surface area contributed by atoms with Gasteiger partial charge in [-0.3, -0.25) is 24.2 Å². The molecule has 4 aromatic rings. The molecule has 230 valence electrons. The van der Waals surface area contributed by atoms with Crippen molar-refractivity contribution in [1.82, 2.24) is 34.4 Å². The summed E-state index contributed by atoms with van der Waals surface area (Å²) >= 11 is 0. The number of aromatic amines is 1. The van der Waals surface area contributed by atoms with Gasteiger partial charge in [-0.1, -0.05) is 29.5 Å². The molecule has 4 saturated heterocycles. The Kier molecular flexibility index (Phi) is 7.28. The van der Waals surface area contributed by atoms with Gasteiger partial charge in [-0.15, -0.1) is 11.7 Å². The quantitative estimate of drug-likeness (QED) is 0.289. The molecule has 12 nitrogen and oxygen atoms in total. The number of nitrogens with one attached hydrogen (secondary N) is 1. The fourth-order valence-corrected chi connectivity index (χ4v) is 7.48. The Morgan fingerprint density at radius 1 is 1.25 bits per heavy atom. The van der Waals surface area contributed by atoms with Crippen LogP contribution in [0.3, 0.4) is 0 Å². The number of benzene rings is 1. The van der Waals surface area contributed by atoms with Gasteiger partial charge in [-0.25, -0.2) is 9.48 Å². The topological polar surface area (TPSA) is 140 Å². The average Bonchev–Trinajstić information content (AvgIpc) is 3.66. The number of aliphatic hydroxyl groups excluding tert-OH is 1. The highest BCUT2D eigenvalue weighted by Gasteiger charge is 2.54. The summed E-state index contributed by atoms with van der Waals surface area (Å²) in [6.45, 7) is 6.03. The molecule has 0 aliphatic carbocycles. The average molecular weight is 604 g/mol. The third kappa shape index (κ3) is 4.62. The van der Waals surface area contributed by atoms with Crippen LogP contribution >= 0.6 is 0 Å². The van der Waals surface area contributed by atoms with Gasteiger partial charge < -0.3 is 14.6 Å². The molecular weight excluding hydrogens is 569 g/mol. The Bertz CT molecular complexity index is 1820. The number of para-hydroxylation sites is 1. The summed E-state index contributed by atoms with van der Waals surface area (Å²) in [5, 5.41) is 20.9. The monoisotopic (exact) mass is 603 g/mol. The number of H-pyrrole nitrogens is 1. The molecule has 7 heterocycles. The van der Waals surface area contributed by atoms with E-state index in [4.69, 9.17) is 9.47 Å². The first-order valence-electron chi connectivity index (χ1n) is 14.8. The number of halogens is 1. The van der Waals surface area contributed by atoms with Gasteiger partial charge in [0.25, 0.3) is 5.56 Å². The molecule has 0 saturated carbocycles. The molecule has 2 bridgehead atoms. The van der Waals surface area contributed by atoms with Crippen molar-refractivity contribution in [1.29, 1.82) is 0 Å². The number of pyridine rings is 1. The number of aliphatic hydroxyl groups is 1. The summed E-state index contributed by atoms with van der Waals surface area (Å²) in [4.78, 5) is 32.8. The predicted molar refractivity (Wildman–Crippen MR) is 157 cm³/mol. The van der Waals surface area contributed by atoms with Gasteiger partial charge in [-0.2, -0.15) is 4.39 Å². The van der Waals surface area contributed by atoms with Crippen molar-refractivity contribution in [3.63, 3.8) is 0 Å². The number of nitrogens with zero attached hydrogens (tertiary/aromatic N) is 6. The van der Waals surface area contributed by atoms with Gasteiger partial charge in [0.05, 0.1) is 30.6 Å². The summed E-state index contributed by atoms with van der Waals surface area (Å²) in [5.41, 5.74) is -0.496. The number of piperidine rings is 3. The Balaban J connectivity index is 1.24. The predicted octanol–water partition coefficient (Wildman–Crippen LogP) is 1.95. The van der Waals surface area contributed by atoms with E-state index in [1.807, 2.05) is 41.5 Å². The molecule has 8 atom stereocenters. The Labute approximate surface area is 251 Å². The highest BCUT2D eigenvalue weighted by atomic mass is 19.1. The van der Waals surface area contributed by atoms with Crippen molar-refractivity contribution in [3.05, 3.63) is 99.5 Å². The molecule has 4 fully saturated rings. The van der Waals surface area contributed by atoms with Gasteiger partial charge in [-0.05, 0) is 43.4 Å². The number of hydrogen-bond donors (Lipinski definition) is 2. The molecule has 8 rings (SSSR count). The van der Waals surface area contributed by atoms with E-state index in [-0.39, 0.29) is 19.0 Å². The molecular formula is C31H34FN7O5. The third-order valence-electron chi connectivity index (χ3n) is 9.67. The van der Waals surface area contributed by atoms with Crippen LogP contribution in [0.2, 0.25) is 0 Å². The molecule has 8 unspecified atom stereocenters. The van der Waals surface area contributed by atoms with Crippen molar-refractivity contribution >= 4 is 10.9 Å². The summed E-state index contributed by atoms with van der Waals surface area (Å²) in [6.07, 6.45) is 5.81. The number of aromatic nitrogens is 6. The first-order chi connectivity index (χ1) is 21.3. The van der Waals surface area contributed by atoms with E-state index < -0.39 is 41.1 Å². The Hall–Kier alpha value is -4.04. The van der Waals surface area contributed by atoms with Gasteiger partial charge in [0.1, 0.15) is 18.0 Å². The van der Waals surface area contributed by atoms with Crippen molar-refractivity contribution < 1.29 is 19.0 Å². The van der Waals surface area contributed by atoms with Crippen LogP contribution in [-0.4, -0.2) is 78.0 Å². The zero-order valence-electron chi connectivity index (χ0n) is 24.3. The van der Waals surface area contributed by atoms with E-state index in [1.54, 1.807) is 18.0 Å². The van der Waals surface area contributed by atoms with Gasteiger partial charge in [0.2, 0.25) is 5.82 Å². The highest BCUT2D eigenvalue weighted by Crippen LogP contribution is 2.49. The lowest BCUT2D eigenvalue weighted by molar-refractivity contribution is -0.108. The number of methoxy groups -OCH3 is 1. The first-order valence-corrected chi connectivity index (χ1v) is 14.8. The molecule has 4 aliphatic rings. The highest BCUT2D eigenvalue weighted by molar-refractivity contribution is 5.83. The molecule has 0 amide bonds. The number of hydrogen-bond acceptors (Lipinski definition) is 9. The molecule has 44 heavy (non-hydrogen) atoms. The smallest absolute Gasteiger partial charge is 0.330 e. The molecule has 0 spiro atoms. The summed E-state index contributed by atoms with van der Waals surface area (Å²) in [5.74, 6) is -0.227. The van der Waals surface area contributed by atoms with Crippen molar-refractivity contribution in [3.8, 4) is 0 Å². The lowest BCUT2D eigenvalue weighted by Gasteiger charge is -2.55. The molecule has 2 N–H and O–H groups in total. The maximum atomic E-state index is 13.9. The van der Waals surface area contributed by atoms with Crippen molar-refractivity contribution in [2.24, 2.45) is 11.8 Å². The summed E-state index contributed by atoms with van der Waals surface area (Å²) in [6, 6.07) is 9.93. The second kappa shape index (κ2) is 11.1. The van der Waals surface area contributed by atoms with E-state index in [0.717, 1.165) is 53.2 Å². The van der Waals surface area contributed by atoms with E-state index in [1.165, 1.54) is 0 Å². The number of fused-ring (bicyclic) bond motifs is 4. The van der Waals surface area contributed by atoms with Crippen LogP contribution in [0.1, 0.15) is 36.7 Å².